The average molecular weight is 344 g/mol. The fourth-order valence-electron chi connectivity index (χ4n) is 1.91. The first-order chi connectivity index (χ1) is 11.1. The molecule has 0 fully saturated rings. The molecule has 116 valence electrons. The second-order valence-corrected chi connectivity index (χ2v) is 6.28. The molecule has 0 saturated carbocycles. The highest BCUT2D eigenvalue weighted by molar-refractivity contribution is 7.99. The molecule has 0 radical (unpaired) electrons. The molecular weight excluding hydrogens is 330 g/mol. The molecule has 0 unspecified atom stereocenters. The Bertz CT molecular complexity index is 823. The van der Waals surface area contributed by atoms with E-state index in [1.807, 2.05) is 49.4 Å². The van der Waals surface area contributed by atoms with E-state index in [2.05, 4.69) is 20.3 Å². The van der Waals surface area contributed by atoms with Gasteiger partial charge in [0.25, 0.3) is 0 Å². The highest BCUT2D eigenvalue weighted by Gasteiger charge is 2.10. The van der Waals surface area contributed by atoms with Gasteiger partial charge in [-0.2, -0.15) is 0 Å². The lowest BCUT2D eigenvalue weighted by molar-refractivity contribution is 1.05. The predicted octanol–water partition coefficient (Wildman–Crippen LogP) is 4.31. The minimum Gasteiger partial charge on any atom is -0.394 e. The van der Waals surface area contributed by atoms with Crippen LogP contribution in [0.2, 0.25) is 5.02 Å². The van der Waals surface area contributed by atoms with E-state index in [1.165, 1.54) is 18.1 Å². The van der Waals surface area contributed by atoms with Crippen LogP contribution in [0.1, 0.15) is 5.69 Å². The molecule has 3 N–H and O–H groups in total. The molecule has 0 amide bonds. The third-order valence-corrected chi connectivity index (χ3v) is 4.29. The van der Waals surface area contributed by atoms with E-state index >= 15 is 0 Å². The number of hydrogen-bond donors (Lipinski definition) is 2. The number of aromatic nitrogens is 3. The number of halogens is 1. The summed E-state index contributed by atoms with van der Waals surface area (Å²) in [6, 6.07) is 13.2. The van der Waals surface area contributed by atoms with Gasteiger partial charge in [-0.25, -0.2) is 15.0 Å². The molecule has 0 saturated heterocycles. The van der Waals surface area contributed by atoms with Gasteiger partial charge >= 0.3 is 0 Å². The van der Waals surface area contributed by atoms with Crippen molar-refractivity contribution < 1.29 is 0 Å². The van der Waals surface area contributed by atoms with Gasteiger partial charge in [0, 0.05) is 15.6 Å². The molecule has 2 heterocycles. The number of benzene rings is 1. The van der Waals surface area contributed by atoms with Crippen LogP contribution in [0.25, 0.3) is 0 Å². The molecule has 5 nitrogen and oxygen atoms in total. The van der Waals surface area contributed by atoms with Crippen LogP contribution in [0.3, 0.4) is 0 Å². The van der Waals surface area contributed by atoms with Crippen LogP contribution in [0.15, 0.2) is 58.7 Å². The van der Waals surface area contributed by atoms with Crippen LogP contribution < -0.4 is 11.1 Å². The maximum absolute atomic E-state index is 6.18. The van der Waals surface area contributed by atoms with E-state index in [4.69, 9.17) is 17.3 Å². The second-order valence-electron chi connectivity index (χ2n) is 4.79. The standard InChI is InChI=1S/C16H14ClN5S/c1-10-3-2-4-13(21-10)22-15-14(18)16(20-9-19-15)23-12-7-5-11(17)6-8-12/h2-9H,18H2,1H3,(H,19,20,21,22). The van der Waals surface area contributed by atoms with Crippen LogP contribution in [-0.2, 0) is 0 Å². The quantitative estimate of drug-likeness (QED) is 0.687. The van der Waals surface area contributed by atoms with Crippen molar-refractivity contribution in [1.82, 2.24) is 15.0 Å². The molecule has 0 aliphatic carbocycles. The van der Waals surface area contributed by atoms with E-state index in [1.54, 1.807) is 0 Å². The Kier molecular flexibility index (Phi) is 4.64. The topological polar surface area (TPSA) is 76.7 Å². The highest BCUT2D eigenvalue weighted by Crippen LogP contribution is 2.34. The smallest absolute Gasteiger partial charge is 0.159 e. The molecule has 0 aliphatic rings. The van der Waals surface area contributed by atoms with Crippen LogP contribution >= 0.6 is 23.4 Å². The zero-order valence-electron chi connectivity index (χ0n) is 12.3. The molecule has 0 atom stereocenters. The summed E-state index contributed by atoms with van der Waals surface area (Å²) in [6.07, 6.45) is 1.48. The Labute approximate surface area is 143 Å². The molecule has 0 bridgehead atoms. The molecule has 3 aromatic rings. The molecule has 23 heavy (non-hydrogen) atoms. The van der Waals surface area contributed by atoms with Crippen molar-refractivity contribution >= 4 is 40.7 Å². The summed E-state index contributed by atoms with van der Waals surface area (Å²) >= 11 is 7.35. The fourth-order valence-corrected chi connectivity index (χ4v) is 2.84. The van der Waals surface area contributed by atoms with Crippen molar-refractivity contribution in [2.45, 2.75) is 16.8 Å². The zero-order valence-corrected chi connectivity index (χ0v) is 13.9. The van der Waals surface area contributed by atoms with Crippen molar-refractivity contribution in [2.75, 3.05) is 11.1 Å². The SMILES string of the molecule is Cc1cccc(Nc2ncnc(Sc3ccc(Cl)cc3)c2N)n1. The highest BCUT2D eigenvalue weighted by atomic mass is 35.5. The molecule has 0 aliphatic heterocycles. The lowest BCUT2D eigenvalue weighted by Gasteiger charge is -2.10. The number of nitrogen functional groups attached to an aromatic ring is 1. The van der Waals surface area contributed by atoms with Gasteiger partial charge in [-0.3, -0.25) is 0 Å². The van der Waals surface area contributed by atoms with Gasteiger partial charge < -0.3 is 11.1 Å². The molecular formula is C16H14ClN5S. The summed E-state index contributed by atoms with van der Waals surface area (Å²) < 4.78 is 0. The Morgan fingerprint density at radius 3 is 2.61 bits per heavy atom. The van der Waals surface area contributed by atoms with Crippen LogP contribution in [-0.4, -0.2) is 15.0 Å². The Balaban J connectivity index is 1.84. The predicted molar refractivity (Wildman–Crippen MR) is 94.3 cm³/mol. The first-order valence-corrected chi connectivity index (χ1v) is 8.06. The molecule has 3 rings (SSSR count). The lowest BCUT2D eigenvalue weighted by Crippen LogP contribution is -2.03. The first kappa shape index (κ1) is 15.6. The molecule has 1 aromatic carbocycles. The molecule has 7 heteroatoms. The monoisotopic (exact) mass is 343 g/mol. The average Bonchev–Trinajstić information content (AvgIpc) is 2.53. The van der Waals surface area contributed by atoms with Gasteiger partial charge in [0.1, 0.15) is 22.9 Å². The summed E-state index contributed by atoms with van der Waals surface area (Å²) in [4.78, 5) is 13.8. The Morgan fingerprint density at radius 2 is 1.87 bits per heavy atom. The van der Waals surface area contributed by atoms with Crippen LogP contribution in [0.5, 0.6) is 0 Å². The Hall–Kier alpha value is -2.31. The van der Waals surface area contributed by atoms with E-state index in [-0.39, 0.29) is 0 Å². The van der Waals surface area contributed by atoms with Crippen LogP contribution in [0, 0.1) is 6.92 Å². The Morgan fingerprint density at radius 1 is 1.09 bits per heavy atom. The third kappa shape index (κ3) is 3.91. The summed E-state index contributed by atoms with van der Waals surface area (Å²) in [5.74, 6) is 1.23. The number of nitrogens with one attached hydrogen (secondary N) is 1. The largest absolute Gasteiger partial charge is 0.394 e. The van der Waals surface area contributed by atoms with E-state index in [9.17, 15) is 0 Å². The summed E-state index contributed by atoms with van der Waals surface area (Å²) in [5, 5.41) is 4.50. The summed E-state index contributed by atoms with van der Waals surface area (Å²) in [7, 11) is 0. The summed E-state index contributed by atoms with van der Waals surface area (Å²) in [5.41, 5.74) is 7.58. The van der Waals surface area contributed by atoms with E-state index in [0.717, 1.165) is 10.6 Å². The maximum atomic E-state index is 6.18. The maximum Gasteiger partial charge on any atom is 0.159 e. The minimum absolute atomic E-state index is 0.482. The van der Waals surface area contributed by atoms with Gasteiger partial charge in [0.05, 0.1) is 0 Å². The van der Waals surface area contributed by atoms with Gasteiger partial charge in [0.2, 0.25) is 0 Å². The third-order valence-electron chi connectivity index (χ3n) is 3.01. The van der Waals surface area contributed by atoms with Gasteiger partial charge in [-0.05, 0) is 43.3 Å². The van der Waals surface area contributed by atoms with E-state index in [0.29, 0.717) is 27.4 Å². The molecule has 2 aromatic heterocycles. The summed E-state index contributed by atoms with van der Waals surface area (Å²) in [6.45, 7) is 1.93. The van der Waals surface area contributed by atoms with Gasteiger partial charge in [-0.15, -0.1) is 0 Å². The van der Waals surface area contributed by atoms with Gasteiger partial charge in [-0.1, -0.05) is 29.4 Å². The van der Waals surface area contributed by atoms with Crippen molar-refractivity contribution in [1.29, 1.82) is 0 Å². The number of pyridine rings is 1. The normalized spacial score (nSPS) is 10.5. The minimum atomic E-state index is 0.482. The number of nitrogens with two attached hydrogens (primary N) is 1. The number of anilines is 3. The lowest BCUT2D eigenvalue weighted by atomic mass is 10.3. The second kappa shape index (κ2) is 6.85. The number of nitrogens with zero attached hydrogens (tertiary/aromatic N) is 3. The van der Waals surface area contributed by atoms with Crippen molar-refractivity contribution in [2.24, 2.45) is 0 Å². The van der Waals surface area contributed by atoms with Crippen molar-refractivity contribution in [3.63, 3.8) is 0 Å². The van der Waals surface area contributed by atoms with Crippen molar-refractivity contribution in [3.05, 3.63) is 59.5 Å². The first-order valence-electron chi connectivity index (χ1n) is 6.86. The zero-order chi connectivity index (χ0) is 16.2. The fraction of sp³-hybridized carbons (Fsp3) is 0.0625. The molecule has 0 spiro atoms. The number of aryl methyl sites for hydroxylation is 1. The number of rotatable bonds is 4. The van der Waals surface area contributed by atoms with Crippen LogP contribution in [0.4, 0.5) is 17.3 Å². The van der Waals surface area contributed by atoms with Crippen molar-refractivity contribution in [3.8, 4) is 0 Å². The number of hydrogen-bond acceptors (Lipinski definition) is 6. The van der Waals surface area contributed by atoms with E-state index < -0.39 is 0 Å². The van der Waals surface area contributed by atoms with Gasteiger partial charge in [0.15, 0.2) is 5.82 Å².